The van der Waals surface area contributed by atoms with E-state index in [1.54, 1.807) is 40.6 Å². The second-order valence-electron chi connectivity index (χ2n) is 14.2. The van der Waals surface area contributed by atoms with E-state index in [-0.39, 0.29) is 41.9 Å². The number of aliphatic hydroxyl groups is 2. The van der Waals surface area contributed by atoms with E-state index in [1.807, 2.05) is 25.1 Å². The van der Waals surface area contributed by atoms with E-state index in [0.717, 1.165) is 6.54 Å². The molecule has 7 bridgehead atoms. The van der Waals surface area contributed by atoms with Crippen molar-refractivity contribution in [2.24, 2.45) is 34.5 Å². The van der Waals surface area contributed by atoms with E-state index in [9.17, 15) is 15.0 Å². The number of methoxy groups -OCH3 is 4. The highest BCUT2D eigenvalue weighted by Crippen LogP contribution is 2.80. The molecule has 2 N–H and O–H groups in total. The van der Waals surface area contributed by atoms with Gasteiger partial charge in [0.15, 0.2) is 0 Å². The zero-order chi connectivity index (χ0) is 31.2. The number of piperidine rings is 1. The normalized spacial score (nSPS) is 50.1. The Kier molecular flexibility index (Phi) is 7.54. The second kappa shape index (κ2) is 10.7. The summed E-state index contributed by atoms with van der Waals surface area (Å²) in [6.45, 7) is 6.44. The highest BCUT2D eigenvalue weighted by molar-refractivity contribution is 5.89. The molecule has 1 unspecified atom stereocenters. The lowest BCUT2D eigenvalue weighted by Crippen LogP contribution is -2.79. The number of esters is 1. The minimum atomic E-state index is -1.43. The van der Waals surface area contributed by atoms with Gasteiger partial charge < -0.3 is 38.6 Å². The van der Waals surface area contributed by atoms with Crippen molar-refractivity contribution in [3.8, 4) is 0 Å². The molecule has 1 aromatic carbocycles. The van der Waals surface area contributed by atoms with Crippen molar-refractivity contribution < 1.29 is 43.4 Å². The van der Waals surface area contributed by atoms with Crippen molar-refractivity contribution in [3.63, 3.8) is 0 Å². The molecule has 1 aliphatic heterocycles. The molecule has 7 rings (SSSR count). The van der Waals surface area contributed by atoms with Gasteiger partial charge in [-0.05, 0) is 37.9 Å². The smallest absolute Gasteiger partial charge is 0.338 e. The number of hydrogen-bond acceptors (Lipinski definition) is 10. The third-order valence-corrected chi connectivity index (χ3v) is 13.2. The maximum absolute atomic E-state index is 13.7. The number of rotatable bonds is 10. The largest absolute Gasteiger partial charge is 0.455 e. The Balaban J connectivity index is 1.49. The average Bonchev–Trinajstić information content (AvgIpc) is 3.40. The van der Waals surface area contributed by atoms with Crippen LogP contribution < -0.4 is 0 Å². The molecule has 1 heterocycles. The van der Waals surface area contributed by atoms with Crippen LogP contribution in [0.25, 0.3) is 0 Å². The molecule has 0 aromatic heterocycles. The van der Waals surface area contributed by atoms with Crippen LogP contribution >= 0.6 is 0 Å². The van der Waals surface area contributed by atoms with Crippen LogP contribution in [0.4, 0.5) is 0 Å². The number of carbonyl (C=O) groups excluding carboxylic acids is 1. The van der Waals surface area contributed by atoms with Gasteiger partial charge in [0.05, 0.1) is 42.2 Å². The van der Waals surface area contributed by atoms with Crippen LogP contribution in [0.15, 0.2) is 30.3 Å². The Morgan fingerprint density at radius 2 is 1.73 bits per heavy atom. The molecule has 1 saturated heterocycles. The number of benzene rings is 1. The number of likely N-dealkylation sites (tertiary alicyclic amines) is 1. The molecule has 6 fully saturated rings. The Hall–Kier alpha value is -1.63. The van der Waals surface area contributed by atoms with Gasteiger partial charge in [0.2, 0.25) is 0 Å². The zero-order valence-electron chi connectivity index (χ0n) is 26.8. The van der Waals surface area contributed by atoms with Gasteiger partial charge in [0.1, 0.15) is 11.7 Å². The maximum Gasteiger partial charge on any atom is 0.338 e. The zero-order valence-corrected chi connectivity index (χ0v) is 26.8. The highest BCUT2D eigenvalue weighted by atomic mass is 16.6. The van der Waals surface area contributed by atoms with Crippen LogP contribution in [-0.4, -0.2) is 124 Å². The Bertz CT molecular complexity index is 1250. The second-order valence-corrected chi connectivity index (χ2v) is 14.2. The average molecular weight is 616 g/mol. The summed E-state index contributed by atoms with van der Waals surface area (Å²) >= 11 is 0. The Morgan fingerprint density at radius 1 is 1.00 bits per heavy atom. The van der Waals surface area contributed by atoms with Gasteiger partial charge in [-0.3, -0.25) is 4.90 Å². The molecule has 14 atom stereocenters. The topological polar surface area (TPSA) is 116 Å². The van der Waals surface area contributed by atoms with Crippen molar-refractivity contribution in [1.29, 1.82) is 0 Å². The summed E-state index contributed by atoms with van der Waals surface area (Å²) in [4.78, 5) is 16.2. The summed E-state index contributed by atoms with van der Waals surface area (Å²) in [5.74, 6) is -1.25. The molecule has 1 aromatic rings. The standard InChI is InChI=1S/C34H49NO9/c1-7-35-17-31(18-39-3)21(36)14-22(40-4)34-20-15-32(38)23(41-5)16-33(43-8-2,25(28(34)35)26(42-6)27(31)34)24(20)29(32)44-30(37)19-12-10-9-11-13-19/h9-13,20-29,36,38H,7-8,14-18H2,1-6H3/t20-,21?,22+,23+,24-,25+,26+,27-,28-,29+,31+,32-,33-,34+/m1/s1. The van der Waals surface area contributed by atoms with Gasteiger partial charge in [0, 0.05) is 89.1 Å². The van der Waals surface area contributed by atoms with E-state index >= 15 is 0 Å². The third-order valence-electron chi connectivity index (χ3n) is 13.2. The SMILES string of the molecule is CCO[C@]12C[C@H](OC)[C@]3(O)C[C@H]([C@@H]1[C@@H]3OC(=O)c1ccccc1)[C@@]13[C@@H](OC)CC(O)[C@@]4(COC)CN(CC)[C@@H]1[C@@H]2[C@H](OC)[C@H]43. The van der Waals surface area contributed by atoms with E-state index in [4.69, 9.17) is 28.4 Å². The van der Waals surface area contributed by atoms with Gasteiger partial charge in [-0.2, -0.15) is 0 Å². The molecule has 10 nitrogen and oxygen atoms in total. The fourth-order valence-electron chi connectivity index (χ4n) is 12.3. The molecule has 10 heteroatoms. The molecule has 244 valence electrons. The van der Waals surface area contributed by atoms with Crippen molar-refractivity contribution in [2.45, 2.75) is 80.9 Å². The first-order valence-corrected chi connectivity index (χ1v) is 16.3. The number of fused-ring (bicyclic) bond motifs is 2. The van der Waals surface area contributed by atoms with Gasteiger partial charge >= 0.3 is 5.97 Å². The molecule has 5 saturated carbocycles. The predicted octanol–water partition coefficient (Wildman–Crippen LogP) is 2.15. The molecule has 1 spiro atoms. The first kappa shape index (κ1) is 31.0. The van der Waals surface area contributed by atoms with E-state index in [1.165, 1.54) is 0 Å². The molecule has 44 heavy (non-hydrogen) atoms. The summed E-state index contributed by atoms with van der Waals surface area (Å²) in [6.07, 6.45) is -1.48. The van der Waals surface area contributed by atoms with E-state index < -0.39 is 46.3 Å². The summed E-state index contributed by atoms with van der Waals surface area (Å²) in [5, 5.41) is 24.8. The lowest BCUT2D eigenvalue weighted by Gasteiger charge is -2.70. The van der Waals surface area contributed by atoms with Crippen molar-refractivity contribution >= 4 is 5.97 Å². The fraction of sp³-hybridized carbons (Fsp3) is 0.794. The minimum Gasteiger partial charge on any atom is -0.455 e. The number of ether oxygens (including phenoxy) is 6. The lowest BCUT2D eigenvalue weighted by atomic mass is 9.42. The van der Waals surface area contributed by atoms with Gasteiger partial charge in [-0.1, -0.05) is 25.1 Å². The van der Waals surface area contributed by atoms with Crippen LogP contribution in [-0.2, 0) is 28.4 Å². The molecular formula is C34H49NO9. The first-order chi connectivity index (χ1) is 21.2. The monoisotopic (exact) mass is 615 g/mol. The fourth-order valence-corrected chi connectivity index (χ4v) is 12.3. The van der Waals surface area contributed by atoms with Gasteiger partial charge in [-0.25, -0.2) is 4.79 Å². The van der Waals surface area contributed by atoms with Crippen LogP contribution in [0.3, 0.4) is 0 Å². The third kappa shape index (κ3) is 3.52. The lowest BCUT2D eigenvalue weighted by molar-refractivity contribution is -0.304. The molecule has 0 amide bonds. The summed E-state index contributed by atoms with van der Waals surface area (Å²) < 4.78 is 38.6. The van der Waals surface area contributed by atoms with Gasteiger partial charge in [0.25, 0.3) is 0 Å². The maximum atomic E-state index is 13.7. The molecule has 6 aliphatic rings. The Labute approximate surface area is 260 Å². The quantitative estimate of drug-likeness (QED) is 0.380. The van der Waals surface area contributed by atoms with Crippen LogP contribution in [0.5, 0.6) is 0 Å². The van der Waals surface area contributed by atoms with Crippen molar-refractivity contribution in [2.75, 3.05) is 54.7 Å². The highest BCUT2D eigenvalue weighted by Gasteiger charge is 2.90. The number of carbonyl (C=O) groups is 1. The van der Waals surface area contributed by atoms with E-state index in [0.29, 0.717) is 44.6 Å². The first-order valence-electron chi connectivity index (χ1n) is 16.3. The Morgan fingerprint density at radius 3 is 2.34 bits per heavy atom. The molecule has 5 aliphatic carbocycles. The predicted molar refractivity (Wildman–Crippen MR) is 159 cm³/mol. The van der Waals surface area contributed by atoms with Crippen LogP contribution in [0, 0.1) is 34.5 Å². The number of aliphatic hydroxyl groups excluding tert-OH is 1. The minimum absolute atomic E-state index is 0.00103. The summed E-state index contributed by atoms with van der Waals surface area (Å²) in [7, 11) is 6.84. The van der Waals surface area contributed by atoms with Crippen molar-refractivity contribution in [3.05, 3.63) is 35.9 Å². The van der Waals surface area contributed by atoms with Gasteiger partial charge in [-0.15, -0.1) is 0 Å². The number of hydrogen-bond donors (Lipinski definition) is 2. The van der Waals surface area contributed by atoms with E-state index in [2.05, 4.69) is 11.8 Å². The van der Waals surface area contributed by atoms with Crippen LogP contribution in [0.1, 0.15) is 43.5 Å². The number of nitrogens with zero attached hydrogens (tertiary/aromatic N) is 1. The molecular weight excluding hydrogens is 566 g/mol. The summed E-state index contributed by atoms with van der Waals surface area (Å²) in [5.41, 5.74) is -2.96. The van der Waals surface area contributed by atoms with Crippen LogP contribution in [0.2, 0.25) is 0 Å². The molecule has 0 radical (unpaired) electrons. The summed E-state index contributed by atoms with van der Waals surface area (Å²) in [6, 6.07) is 8.95. The van der Waals surface area contributed by atoms with Crippen molar-refractivity contribution in [1.82, 2.24) is 4.90 Å².